The van der Waals surface area contributed by atoms with Crippen molar-refractivity contribution in [3.63, 3.8) is 0 Å². The molecule has 0 unspecified atom stereocenters. The van der Waals surface area contributed by atoms with Crippen LogP contribution in [0.2, 0.25) is 0 Å². The summed E-state index contributed by atoms with van der Waals surface area (Å²) in [5, 5.41) is 6.20. The highest BCUT2D eigenvalue weighted by Crippen LogP contribution is 2.14. The number of piperidine rings is 1. The molecule has 2 rings (SSSR count). The fraction of sp³-hybridized carbons (Fsp3) is 0.611. The number of aliphatic imine (C=N–C) groups is 1. The zero-order chi connectivity index (χ0) is 19.7. The number of aryl methyl sites for hydroxylation is 1. The maximum absolute atomic E-state index is 13.5. The number of hydrogen-bond acceptors (Lipinski definition) is 4. The van der Waals surface area contributed by atoms with Gasteiger partial charge in [-0.1, -0.05) is 12.5 Å². The number of anilines is 1. The molecule has 1 saturated heterocycles. The van der Waals surface area contributed by atoms with Crippen molar-refractivity contribution in [1.82, 2.24) is 15.5 Å². The van der Waals surface area contributed by atoms with Gasteiger partial charge in [-0.05, 0) is 50.6 Å². The van der Waals surface area contributed by atoms with Gasteiger partial charge >= 0.3 is 0 Å². The zero-order valence-corrected chi connectivity index (χ0v) is 16.9. The standard InChI is InChI=1S/C18H30FN5O2S/c1-15-6-7-16(14-17(15)19)23-27(25,26)13-9-22-18(20-2)21-8-12-24-10-4-3-5-11-24/h6-7,14,23H,3-5,8-13H2,1-2H3,(H2,20,21,22). The highest BCUT2D eigenvalue weighted by molar-refractivity contribution is 7.92. The summed E-state index contributed by atoms with van der Waals surface area (Å²) in [7, 11) is -1.93. The lowest BCUT2D eigenvalue weighted by atomic mass is 10.1. The summed E-state index contributed by atoms with van der Waals surface area (Å²) in [6.07, 6.45) is 3.82. The normalized spacial score (nSPS) is 16.2. The quantitative estimate of drug-likeness (QED) is 0.456. The van der Waals surface area contributed by atoms with E-state index < -0.39 is 15.8 Å². The molecule has 1 fully saturated rings. The monoisotopic (exact) mass is 399 g/mol. The van der Waals surface area contributed by atoms with Crippen LogP contribution in [0.1, 0.15) is 24.8 Å². The molecule has 0 radical (unpaired) electrons. The fourth-order valence-electron chi connectivity index (χ4n) is 2.93. The van der Waals surface area contributed by atoms with E-state index in [2.05, 4.69) is 25.2 Å². The molecule has 0 aromatic heterocycles. The molecule has 1 aromatic carbocycles. The van der Waals surface area contributed by atoms with E-state index in [-0.39, 0.29) is 18.0 Å². The first-order valence-corrected chi connectivity index (χ1v) is 11.0. The number of nitrogens with zero attached hydrogens (tertiary/aromatic N) is 2. The predicted molar refractivity (Wildman–Crippen MR) is 108 cm³/mol. The second-order valence-corrected chi connectivity index (χ2v) is 8.55. The van der Waals surface area contributed by atoms with Gasteiger partial charge in [-0.2, -0.15) is 0 Å². The lowest BCUT2D eigenvalue weighted by molar-refractivity contribution is 0.232. The van der Waals surface area contributed by atoms with E-state index in [0.717, 1.165) is 26.2 Å². The highest BCUT2D eigenvalue weighted by atomic mass is 32.2. The number of halogens is 1. The first-order valence-electron chi connectivity index (χ1n) is 9.33. The number of nitrogens with one attached hydrogen (secondary N) is 3. The molecule has 1 aromatic rings. The molecule has 0 saturated carbocycles. The van der Waals surface area contributed by atoms with Gasteiger partial charge in [0.15, 0.2) is 5.96 Å². The van der Waals surface area contributed by atoms with Crippen molar-refractivity contribution >= 4 is 21.7 Å². The van der Waals surface area contributed by atoms with E-state index >= 15 is 0 Å². The van der Waals surface area contributed by atoms with Crippen LogP contribution in [0.3, 0.4) is 0 Å². The van der Waals surface area contributed by atoms with Crippen LogP contribution in [0.5, 0.6) is 0 Å². The Hall–Kier alpha value is -1.87. The second kappa shape index (κ2) is 10.5. The van der Waals surface area contributed by atoms with E-state index in [4.69, 9.17) is 0 Å². The van der Waals surface area contributed by atoms with Crippen molar-refractivity contribution in [1.29, 1.82) is 0 Å². The first kappa shape index (κ1) is 21.4. The molecular formula is C18H30FN5O2S. The Morgan fingerprint density at radius 3 is 2.56 bits per heavy atom. The van der Waals surface area contributed by atoms with Gasteiger partial charge in [0.2, 0.25) is 10.0 Å². The van der Waals surface area contributed by atoms with Crippen LogP contribution in [0.15, 0.2) is 23.2 Å². The molecule has 0 amide bonds. The van der Waals surface area contributed by atoms with Crippen LogP contribution >= 0.6 is 0 Å². The Labute approximate surface area is 161 Å². The lowest BCUT2D eigenvalue weighted by Crippen LogP contribution is -2.44. The second-order valence-electron chi connectivity index (χ2n) is 6.71. The number of guanidine groups is 1. The van der Waals surface area contributed by atoms with Crippen LogP contribution in [-0.4, -0.2) is 64.8 Å². The van der Waals surface area contributed by atoms with Crippen molar-refractivity contribution in [2.24, 2.45) is 4.99 Å². The summed E-state index contributed by atoms with van der Waals surface area (Å²) < 4.78 is 40.2. The summed E-state index contributed by atoms with van der Waals surface area (Å²) >= 11 is 0. The average Bonchev–Trinajstić information content (AvgIpc) is 2.64. The van der Waals surface area contributed by atoms with E-state index in [1.807, 2.05) is 0 Å². The van der Waals surface area contributed by atoms with Crippen molar-refractivity contribution in [3.8, 4) is 0 Å². The summed E-state index contributed by atoms with van der Waals surface area (Å²) in [4.78, 5) is 6.52. The minimum absolute atomic E-state index is 0.144. The molecular weight excluding hydrogens is 369 g/mol. The Bertz CT molecular complexity index is 733. The summed E-state index contributed by atoms with van der Waals surface area (Å²) in [5.41, 5.74) is 0.696. The Balaban J connectivity index is 1.71. The van der Waals surface area contributed by atoms with Gasteiger partial charge in [0.1, 0.15) is 5.82 Å². The van der Waals surface area contributed by atoms with Gasteiger partial charge in [-0.3, -0.25) is 9.71 Å². The number of benzene rings is 1. The Kier molecular flexibility index (Phi) is 8.30. The number of likely N-dealkylation sites (tertiary alicyclic amines) is 1. The van der Waals surface area contributed by atoms with Gasteiger partial charge < -0.3 is 15.5 Å². The van der Waals surface area contributed by atoms with Crippen molar-refractivity contribution in [2.45, 2.75) is 26.2 Å². The molecule has 0 atom stereocenters. The minimum Gasteiger partial charge on any atom is -0.355 e. The Morgan fingerprint density at radius 1 is 1.19 bits per heavy atom. The third-order valence-electron chi connectivity index (χ3n) is 4.50. The van der Waals surface area contributed by atoms with Crippen LogP contribution < -0.4 is 15.4 Å². The maximum atomic E-state index is 13.5. The largest absolute Gasteiger partial charge is 0.355 e. The summed E-state index contributed by atoms with van der Waals surface area (Å²) in [6.45, 7) is 5.80. The summed E-state index contributed by atoms with van der Waals surface area (Å²) in [6, 6.07) is 4.27. The van der Waals surface area contributed by atoms with Gasteiger partial charge in [0.05, 0.1) is 11.4 Å². The number of sulfonamides is 1. The molecule has 9 heteroatoms. The molecule has 0 spiro atoms. The third-order valence-corrected chi connectivity index (χ3v) is 5.79. The van der Waals surface area contributed by atoms with Crippen LogP contribution in [0.4, 0.5) is 10.1 Å². The molecule has 0 aliphatic carbocycles. The number of hydrogen-bond donors (Lipinski definition) is 3. The zero-order valence-electron chi connectivity index (χ0n) is 16.1. The van der Waals surface area contributed by atoms with E-state index in [0.29, 0.717) is 11.5 Å². The molecule has 1 aliphatic rings. The predicted octanol–water partition coefficient (Wildman–Crippen LogP) is 1.53. The molecule has 7 nitrogen and oxygen atoms in total. The molecule has 152 valence electrons. The smallest absolute Gasteiger partial charge is 0.234 e. The van der Waals surface area contributed by atoms with Gasteiger partial charge in [0, 0.05) is 26.7 Å². The van der Waals surface area contributed by atoms with Crippen LogP contribution in [0.25, 0.3) is 0 Å². The van der Waals surface area contributed by atoms with Gasteiger partial charge in [-0.15, -0.1) is 0 Å². The van der Waals surface area contributed by atoms with Crippen molar-refractivity contribution in [2.75, 3.05) is 50.2 Å². The van der Waals surface area contributed by atoms with E-state index in [9.17, 15) is 12.8 Å². The Morgan fingerprint density at radius 2 is 1.89 bits per heavy atom. The minimum atomic E-state index is -3.58. The SMILES string of the molecule is CN=C(NCCN1CCCCC1)NCCS(=O)(=O)Nc1ccc(C)c(F)c1. The third kappa shape index (κ3) is 7.72. The van der Waals surface area contributed by atoms with Crippen molar-refractivity contribution in [3.05, 3.63) is 29.6 Å². The van der Waals surface area contributed by atoms with E-state index in [1.165, 1.54) is 25.3 Å². The average molecular weight is 400 g/mol. The number of rotatable bonds is 8. The maximum Gasteiger partial charge on any atom is 0.234 e. The molecule has 3 N–H and O–H groups in total. The molecule has 1 aliphatic heterocycles. The van der Waals surface area contributed by atoms with E-state index in [1.54, 1.807) is 26.1 Å². The van der Waals surface area contributed by atoms with Crippen molar-refractivity contribution < 1.29 is 12.8 Å². The first-order chi connectivity index (χ1) is 12.9. The van der Waals surface area contributed by atoms with Crippen LogP contribution in [0, 0.1) is 12.7 Å². The fourth-order valence-corrected chi connectivity index (χ4v) is 3.89. The molecule has 27 heavy (non-hydrogen) atoms. The van der Waals surface area contributed by atoms with Crippen LogP contribution in [-0.2, 0) is 10.0 Å². The summed E-state index contributed by atoms with van der Waals surface area (Å²) in [5.74, 6) is -0.00907. The highest BCUT2D eigenvalue weighted by Gasteiger charge is 2.12. The topological polar surface area (TPSA) is 85.8 Å². The van der Waals surface area contributed by atoms with Gasteiger partial charge in [0.25, 0.3) is 0 Å². The van der Waals surface area contributed by atoms with Gasteiger partial charge in [-0.25, -0.2) is 12.8 Å². The molecule has 1 heterocycles. The molecule has 0 bridgehead atoms. The lowest BCUT2D eigenvalue weighted by Gasteiger charge is -2.26.